The molecule has 6 heteroatoms. The molecule has 4 nitrogen and oxygen atoms in total. The summed E-state index contributed by atoms with van der Waals surface area (Å²) < 4.78 is 14.6. The Morgan fingerprint density at radius 1 is 1.43 bits per heavy atom. The molecule has 0 aromatic heterocycles. The molecule has 0 spiro atoms. The van der Waals surface area contributed by atoms with Gasteiger partial charge in [0.1, 0.15) is 11.4 Å². The summed E-state index contributed by atoms with van der Waals surface area (Å²) in [6.45, 7) is 4.03. The van der Waals surface area contributed by atoms with Crippen LogP contribution in [0.5, 0.6) is 0 Å². The maximum absolute atomic E-state index is 13.9. The van der Waals surface area contributed by atoms with Gasteiger partial charge in [-0.05, 0) is 25.5 Å². The summed E-state index contributed by atoms with van der Waals surface area (Å²) in [5, 5.41) is 2.76. The highest BCUT2D eigenvalue weighted by Crippen LogP contribution is 2.22. The highest BCUT2D eigenvalue weighted by atomic mass is 79.9. The number of nitrogens with one attached hydrogen (secondary N) is 1. The van der Waals surface area contributed by atoms with Crippen LogP contribution in [0.3, 0.4) is 0 Å². The predicted molar refractivity (Wildman–Crippen MR) is 81.0 cm³/mol. The lowest BCUT2D eigenvalue weighted by Crippen LogP contribution is -2.54. The van der Waals surface area contributed by atoms with E-state index < -0.39 is 5.54 Å². The van der Waals surface area contributed by atoms with E-state index in [2.05, 4.69) is 21.2 Å². The van der Waals surface area contributed by atoms with Crippen molar-refractivity contribution < 1.29 is 14.0 Å². The summed E-state index contributed by atoms with van der Waals surface area (Å²) in [5.74, 6) is -0.677. The van der Waals surface area contributed by atoms with Crippen LogP contribution in [0.25, 0.3) is 0 Å². The van der Waals surface area contributed by atoms with Gasteiger partial charge in [-0.15, -0.1) is 0 Å². The van der Waals surface area contributed by atoms with Gasteiger partial charge < -0.3 is 10.2 Å². The minimum atomic E-state index is -0.917. The SMILES string of the molecule is CCC1(C)NC(=O)CCN(Cc2ccc(Br)cc2F)C1=O. The number of nitrogens with zero attached hydrogens (tertiary/aromatic N) is 1. The largest absolute Gasteiger partial charge is 0.342 e. The van der Waals surface area contributed by atoms with Crippen LogP contribution in [0.2, 0.25) is 0 Å². The summed E-state index contributed by atoms with van der Waals surface area (Å²) in [5.41, 5.74) is -0.473. The zero-order valence-corrected chi connectivity index (χ0v) is 13.7. The van der Waals surface area contributed by atoms with Crippen LogP contribution in [-0.2, 0) is 16.1 Å². The minimum Gasteiger partial charge on any atom is -0.342 e. The smallest absolute Gasteiger partial charge is 0.248 e. The molecule has 1 aromatic carbocycles. The molecule has 2 rings (SSSR count). The van der Waals surface area contributed by atoms with Gasteiger partial charge in [-0.1, -0.05) is 28.9 Å². The molecule has 1 aliphatic heterocycles. The second-order valence-corrected chi connectivity index (χ2v) is 6.36. The number of hydrogen-bond donors (Lipinski definition) is 1. The molecule has 1 aliphatic rings. The fraction of sp³-hybridized carbons (Fsp3) is 0.467. The van der Waals surface area contributed by atoms with E-state index in [1.54, 1.807) is 24.0 Å². The molecule has 1 aromatic rings. The second kappa shape index (κ2) is 6.13. The Hall–Kier alpha value is -1.43. The topological polar surface area (TPSA) is 49.4 Å². The molecule has 21 heavy (non-hydrogen) atoms. The molecule has 2 amide bonds. The van der Waals surface area contributed by atoms with Crippen molar-refractivity contribution in [3.63, 3.8) is 0 Å². The fourth-order valence-corrected chi connectivity index (χ4v) is 2.69. The van der Waals surface area contributed by atoms with E-state index in [9.17, 15) is 14.0 Å². The summed E-state index contributed by atoms with van der Waals surface area (Å²) in [7, 11) is 0. The van der Waals surface area contributed by atoms with Crippen LogP contribution in [0.15, 0.2) is 22.7 Å². The molecule has 0 radical (unpaired) electrons. The predicted octanol–water partition coefficient (Wildman–Crippen LogP) is 2.61. The lowest BCUT2D eigenvalue weighted by atomic mass is 9.97. The van der Waals surface area contributed by atoms with Gasteiger partial charge in [0.05, 0.1) is 0 Å². The molecule has 1 unspecified atom stereocenters. The maximum Gasteiger partial charge on any atom is 0.248 e. The second-order valence-electron chi connectivity index (χ2n) is 5.45. The van der Waals surface area contributed by atoms with Crippen molar-refractivity contribution >= 4 is 27.7 Å². The number of carbonyl (C=O) groups excluding carboxylic acids is 2. The Bertz CT molecular complexity index is 579. The highest BCUT2D eigenvalue weighted by molar-refractivity contribution is 9.10. The molecule has 0 saturated carbocycles. The van der Waals surface area contributed by atoms with Crippen molar-refractivity contribution in [2.45, 2.75) is 38.8 Å². The van der Waals surface area contributed by atoms with Gasteiger partial charge in [-0.3, -0.25) is 9.59 Å². The molecular weight excluding hydrogens is 339 g/mol. The Morgan fingerprint density at radius 3 is 2.76 bits per heavy atom. The van der Waals surface area contributed by atoms with Gasteiger partial charge >= 0.3 is 0 Å². The van der Waals surface area contributed by atoms with Crippen LogP contribution < -0.4 is 5.32 Å². The number of halogens is 2. The Balaban J connectivity index is 2.25. The van der Waals surface area contributed by atoms with Crippen molar-refractivity contribution in [1.82, 2.24) is 10.2 Å². The van der Waals surface area contributed by atoms with E-state index in [1.807, 2.05) is 6.92 Å². The summed E-state index contributed by atoms with van der Waals surface area (Å²) >= 11 is 3.21. The molecule has 1 atom stereocenters. The first-order valence-electron chi connectivity index (χ1n) is 6.90. The first kappa shape index (κ1) is 15.9. The summed E-state index contributed by atoms with van der Waals surface area (Å²) in [6, 6.07) is 4.76. The average molecular weight is 357 g/mol. The molecule has 1 N–H and O–H groups in total. The number of carbonyl (C=O) groups is 2. The fourth-order valence-electron chi connectivity index (χ4n) is 2.36. The molecule has 0 bridgehead atoms. The molecule has 0 aliphatic carbocycles. The van der Waals surface area contributed by atoms with Crippen molar-refractivity contribution in [3.8, 4) is 0 Å². The quantitative estimate of drug-likeness (QED) is 0.904. The van der Waals surface area contributed by atoms with Gasteiger partial charge in [0, 0.05) is 29.5 Å². The van der Waals surface area contributed by atoms with Crippen molar-refractivity contribution in [3.05, 3.63) is 34.1 Å². The van der Waals surface area contributed by atoms with E-state index in [-0.39, 0.29) is 30.6 Å². The van der Waals surface area contributed by atoms with Crippen molar-refractivity contribution in [2.24, 2.45) is 0 Å². The lowest BCUT2D eigenvalue weighted by molar-refractivity contribution is -0.138. The Kier molecular flexibility index (Phi) is 4.66. The third kappa shape index (κ3) is 3.43. The lowest BCUT2D eigenvalue weighted by Gasteiger charge is -2.31. The molecular formula is C15H18BrFN2O2. The maximum atomic E-state index is 13.9. The monoisotopic (exact) mass is 356 g/mol. The number of amides is 2. The van der Waals surface area contributed by atoms with Crippen LogP contribution >= 0.6 is 15.9 Å². The van der Waals surface area contributed by atoms with Gasteiger partial charge in [0.2, 0.25) is 11.8 Å². The van der Waals surface area contributed by atoms with Crippen LogP contribution in [0, 0.1) is 5.82 Å². The first-order valence-corrected chi connectivity index (χ1v) is 7.69. The first-order chi connectivity index (χ1) is 9.85. The van der Waals surface area contributed by atoms with Crippen LogP contribution in [0.1, 0.15) is 32.3 Å². The van der Waals surface area contributed by atoms with Gasteiger partial charge in [-0.2, -0.15) is 0 Å². The zero-order chi connectivity index (χ0) is 15.6. The molecule has 1 fully saturated rings. The number of benzene rings is 1. The van der Waals surface area contributed by atoms with Crippen LogP contribution in [-0.4, -0.2) is 28.8 Å². The van der Waals surface area contributed by atoms with E-state index in [0.717, 1.165) is 0 Å². The molecule has 114 valence electrons. The molecule has 1 heterocycles. The zero-order valence-electron chi connectivity index (χ0n) is 12.1. The average Bonchev–Trinajstić information content (AvgIpc) is 2.53. The number of hydrogen-bond acceptors (Lipinski definition) is 2. The normalized spacial score (nSPS) is 23.0. The third-order valence-corrected chi connectivity index (χ3v) is 4.36. The van der Waals surface area contributed by atoms with Crippen molar-refractivity contribution in [2.75, 3.05) is 6.54 Å². The van der Waals surface area contributed by atoms with Crippen molar-refractivity contribution in [1.29, 1.82) is 0 Å². The highest BCUT2D eigenvalue weighted by Gasteiger charge is 2.39. The Labute approximate surface area is 131 Å². The van der Waals surface area contributed by atoms with E-state index >= 15 is 0 Å². The van der Waals surface area contributed by atoms with E-state index in [0.29, 0.717) is 23.0 Å². The summed E-state index contributed by atoms with van der Waals surface area (Å²) in [4.78, 5) is 25.9. The third-order valence-electron chi connectivity index (χ3n) is 3.87. The number of rotatable bonds is 3. The molecule has 1 saturated heterocycles. The van der Waals surface area contributed by atoms with Gasteiger partial charge in [0.15, 0.2) is 0 Å². The van der Waals surface area contributed by atoms with Crippen LogP contribution in [0.4, 0.5) is 4.39 Å². The minimum absolute atomic E-state index is 0.147. The summed E-state index contributed by atoms with van der Waals surface area (Å²) in [6.07, 6.45) is 0.733. The van der Waals surface area contributed by atoms with Gasteiger partial charge in [0.25, 0.3) is 0 Å². The van der Waals surface area contributed by atoms with Gasteiger partial charge in [-0.25, -0.2) is 4.39 Å². The van der Waals surface area contributed by atoms with E-state index in [4.69, 9.17) is 0 Å². The standard InChI is InChI=1S/C15H18BrFN2O2/c1-3-15(2)14(21)19(7-6-13(20)18-15)9-10-4-5-11(16)8-12(10)17/h4-5,8H,3,6-7,9H2,1-2H3,(H,18,20). The van der Waals surface area contributed by atoms with E-state index in [1.165, 1.54) is 6.07 Å². The Morgan fingerprint density at radius 2 is 2.14 bits per heavy atom.